The lowest BCUT2D eigenvalue weighted by molar-refractivity contribution is -0.176. The van der Waals surface area contributed by atoms with Gasteiger partial charge in [0.05, 0.1) is 35.1 Å². The number of fused-ring (bicyclic) bond motifs is 5. The molecule has 16 heteroatoms. The molecule has 2 aromatic heterocycles. The zero-order valence-electron chi connectivity index (χ0n) is 24.6. The molecule has 5 rings (SSSR count). The van der Waals surface area contributed by atoms with E-state index < -0.39 is 49.8 Å². The summed E-state index contributed by atoms with van der Waals surface area (Å²) in [7, 11) is -1.19. The molecule has 0 saturated carbocycles. The maximum Gasteiger partial charge on any atom is 0.510 e. The summed E-state index contributed by atoms with van der Waals surface area (Å²) in [5.74, 6) is -2.02. The Morgan fingerprint density at radius 2 is 1.95 bits per heavy atom. The van der Waals surface area contributed by atoms with Gasteiger partial charge in [0.25, 0.3) is 5.56 Å². The van der Waals surface area contributed by atoms with Crippen LogP contribution in [0.3, 0.4) is 0 Å². The van der Waals surface area contributed by atoms with Crippen molar-refractivity contribution in [1.82, 2.24) is 14.5 Å². The van der Waals surface area contributed by atoms with Gasteiger partial charge in [-0.05, 0) is 52.1 Å². The third-order valence-electron chi connectivity index (χ3n) is 7.33. The molecule has 4 heterocycles. The summed E-state index contributed by atoms with van der Waals surface area (Å²) in [6.07, 6.45) is -1.66. The summed E-state index contributed by atoms with van der Waals surface area (Å²) < 4.78 is 53.1. The van der Waals surface area contributed by atoms with E-state index >= 15 is 4.39 Å². The van der Waals surface area contributed by atoms with Crippen LogP contribution >= 0.6 is 7.82 Å². The second-order valence-electron chi connectivity index (χ2n) is 10.9. The maximum absolute atomic E-state index is 15.1. The van der Waals surface area contributed by atoms with Crippen molar-refractivity contribution in [2.75, 3.05) is 20.9 Å². The SMILES string of the molecule is CC[C@@]1(OC(=O)OC(C)C)C(=O)OCc2c1cc1n(c2=O)Cc2c-1nc1cc(F)c(OCOP(=O)(O)O)cc1c2CN(C)C. The lowest BCUT2D eigenvalue weighted by atomic mass is 9.85. The van der Waals surface area contributed by atoms with E-state index in [1.165, 1.54) is 10.6 Å². The minimum Gasteiger partial charge on any atom is -0.464 e. The largest absolute Gasteiger partial charge is 0.510 e. The van der Waals surface area contributed by atoms with Gasteiger partial charge in [-0.15, -0.1) is 0 Å². The molecular weight excluding hydrogens is 604 g/mol. The zero-order valence-corrected chi connectivity index (χ0v) is 25.5. The molecule has 0 fully saturated rings. The molecule has 1 aromatic carbocycles. The van der Waals surface area contributed by atoms with E-state index in [2.05, 4.69) is 4.52 Å². The van der Waals surface area contributed by atoms with E-state index in [4.69, 9.17) is 33.7 Å². The Morgan fingerprint density at radius 1 is 1.23 bits per heavy atom. The maximum atomic E-state index is 15.1. The standard InChI is InChI=1S/C28H31FN3O11P/c1-6-28(43-27(35)42-14(2)3)19-8-22-24-17(11-32(22)25(33)18(19)12-39-26(28)34)16(10-31(4)5)15-7-23(20(29)9-21(15)30-24)40-13-41-44(36,37)38/h7-9,14H,6,10-13H2,1-5H3,(H2,36,37,38)/t28-/m0/s1. The quantitative estimate of drug-likeness (QED) is 0.156. The van der Waals surface area contributed by atoms with Gasteiger partial charge in [-0.25, -0.2) is 28.1 Å². The number of rotatable bonds is 9. The normalized spacial score (nSPS) is 17.4. The van der Waals surface area contributed by atoms with E-state index in [0.29, 0.717) is 34.4 Å². The molecule has 0 amide bonds. The Hall–Kier alpha value is -3.88. The first kappa shape index (κ1) is 31.5. The second kappa shape index (κ2) is 11.6. The van der Waals surface area contributed by atoms with Crippen molar-refractivity contribution in [3.63, 3.8) is 0 Å². The number of phosphoric ester groups is 1. The zero-order chi connectivity index (χ0) is 32.1. The molecule has 0 aliphatic carbocycles. The number of hydrogen-bond donors (Lipinski definition) is 2. The van der Waals surface area contributed by atoms with Crippen molar-refractivity contribution < 1.29 is 51.8 Å². The van der Waals surface area contributed by atoms with Crippen LogP contribution in [0, 0.1) is 5.82 Å². The van der Waals surface area contributed by atoms with Gasteiger partial charge in [0.1, 0.15) is 6.61 Å². The summed E-state index contributed by atoms with van der Waals surface area (Å²) in [6.45, 7) is 4.09. The number of carbonyl (C=O) groups is 2. The van der Waals surface area contributed by atoms with Crippen LogP contribution in [0.5, 0.6) is 5.75 Å². The average Bonchev–Trinajstić information content (AvgIpc) is 3.28. The van der Waals surface area contributed by atoms with Crippen molar-refractivity contribution in [2.24, 2.45) is 0 Å². The van der Waals surface area contributed by atoms with Gasteiger partial charge in [0.2, 0.25) is 12.4 Å². The number of aromatic nitrogens is 2. The van der Waals surface area contributed by atoms with Crippen molar-refractivity contribution in [3.05, 3.63) is 56.6 Å². The first-order chi connectivity index (χ1) is 20.6. The first-order valence-electron chi connectivity index (χ1n) is 13.6. The minimum absolute atomic E-state index is 0.0431. The Labute approximate surface area is 250 Å². The molecule has 3 aromatic rings. The highest BCUT2D eigenvalue weighted by Gasteiger charge is 2.51. The van der Waals surface area contributed by atoms with E-state index in [1.807, 2.05) is 19.0 Å². The fourth-order valence-corrected chi connectivity index (χ4v) is 5.64. The molecule has 0 radical (unpaired) electrons. The van der Waals surface area contributed by atoms with E-state index in [-0.39, 0.29) is 42.0 Å². The van der Waals surface area contributed by atoms with Crippen LogP contribution in [0.4, 0.5) is 9.18 Å². The highest BCUT2D eigenvalue weighted by Crippen LogP contribution is 2.43. The number of phosphoric acid groups is 1. The predicted molar refractivity (Wildman–Crippen MR) is 151 cm³/mol. The number of esters is 1. The van der Waals surface area contributed by atoms with Crippen LogP contribution in [0.1, 0.15) is 49.4 Å². The van der Waals surface area contributed by atoms with Crippen molar-refractivity contribution in [3.8, 4) is 17.1 Å². The van der Waals surface area contributed by atoms with Gasteiger partial charge in [-0.3, -0.25) is 4.79 Å². The van der Waals surface area contributed by atoms with Crippen molar-refractivity contribution in [1.29, 1.82) is 0 Å². The average molecular weight is 636 g/mol. The lowest BCUT2D eigenvalue weighted by Gasteiger charge is -2.35. The Kier molecular flexibility index (Phi) is 8.29. The third kappa shape index (κ3) is 5.69. The molecule has 2 aliphatic rings. The van der Waals surface area contributed by atoms with Gasteiger partial charge < -0.3 is 38.2 Å². The molecule has 2 aliphatic heterocycles. The number of cyclic esters (lactones) is 1. The predicted octanol–water partition coefficient (Wildman–Crippen LogP) is 3.30. The van der Waals surface area contributed by atoms with Crippen LogP contribution < -0.4 is 10.3 Å². The molecule has 0 bridgehead atoms. The summed E-state index contributed by atoms with van der Waals surface area (Å²) >= 11 is 0. The summed E-state index contributed by atoms with van der Waals surface area (Å²) in [4.78, 5) is 64.0. The fourth-order valence-electron chi connectivity index (χ4n) is 5.45. The highest BCUT2D eigenvalue weighted by atomic mass is 31.2. The third-order valence-corrected chi connectivity index (χ3v) is 7.77. The number of hydrogen-bond acceptors (Lipinski definition) is 11. The van der Waals surface area contributed by atoms with Crippen molar-refractivity contribution >= 4 is 30.9 Å². The molecule has 0 saturated heterocycles. The van der Waals surface area contributed by atoms with Gasteiger partial charge in [-0.1, -0.05) is 6.92 Å². The molecule has 2 N–H and O–H groups in total. The van der Waals surface area contributed by atoms with Gasteiger partial charge >= 0.3 is 19.9 Å². The summed E-state index contributed by atoms with van der Waals surface area (Å²) in [5.41, 5.74) is 0.197. The molecule has 236 valence electrons. The Bertz CT molecular complexity index is 1790. The lowest BCUT2D eigenvalue weighted by Crippen LogP contribution is -2.47. The van der Waals surface area contributed by atoms with Crippen molar-refractivity contribution in [2.45, 2.75) is 58.6 Å². The fraction of sp³-hybridized carbons (Fsp3) is 0.429. The van der Waals surface area contributed by atoms with Crippen LogP contribution in [-0.4, -0.2) is 63.4 Å². The van der Waals surface area contributed by atoms with Gasteiger partial charge in [-0.2, -0.15) is 0 Å². The van der Waals surface area contributed by atoms with E-state index in [1.54, 1.807) is 26.8 Å². The molecule has 14 nitrogen and oxygen atoms in total. The highest BCUT2D eigenvalue weighted by molar-refractivity contribution is 7.46. The molecule has 0 unspecified atom stereocenters. The topological polar surface area (TPSA) is 176 Å². The smallest absolute Gasteiger partial charge is 0.464 e. The van der Waals surface area contributed by atoms with Crippen LogP contribution in [-0.2, 0) is 53.4 Å². The van der Waals surface area contributed by atoms with Crippen LogP contribution in [0.2, 0.25) is 0 Å². The van der Waals surface area contributed by atoms with Gasteiger partial charge in [0, 0.05) is 29.1 Å². The van der Waals surface area contributed by atoms with E-state index in [9.17, 15) is 18.9 Å². The number of pyridine rings is 2. The van der Waals surface area contributed by atoms with Crippen LogP contribution in [0.25, 0.3) is 22.3 Å². The number of carbonyl (C=O) groups excluding carboxylic acids is 2. The summed E-state index contributed by atoms with van der Waals surface area (Å²) in [5, 5.41) is 0.483. The Morgan fingerprint density at radius 3 is 2.59 bits per heavy atom. The van der Waals surface area contributed by atoms with E-state index in [0.717, 1.165) is 6.07 Å². The molecule has 44 heavy (non-hydrogen) atoms. The molecule has 1 atom stereocenters. The Balaban J connectivity index is 1.68. The monoisotopic (exact) mass is 635 g/mol. The summed E-state index contributed by atoms with van der Waals surface area (Å²) in [6, 6.07) is 4.06. The number of nitrogens with zero attached hydrogens (tertiary/aromatic N) is 3. The number of ether oxygens (including phenoxy) is 4. The number of halogens is 1. The molecular formula is C28H31FN3O11P. The minimum atomic E-state index is -4.85. The second-order valence-corrected chi connectivity index (χ2v) is 12.2. The first-order valence-corrected chi connectivity index (χ1v) is 15.1. The van der Waals surface area contributed by atoms with Crippen LogP contribution in [0.15, 0.2) is 23.0 Å². The number of benzene rings is 1. The molecule has 0 spiro atoms. The van der Waals surface area contributed by atoms with Gasteiger partial charge in [0.15, 0.2) is 11.6 Å².